The molecule has 5 rings (SSSR count). The zero-order chi connectivity index (χ0) is 20.0. The van der Waals surface area contributed by atoms with E-state index in [4.69, 9.17) is 9.84 Å². The number of nitrogens with zero attached hydrogens (tertiary/aromatic N) is 4. The Hall–Kier alpha value is -2.54. The quantitative estimate of drug-likeness (QED) is 0.847. The van der Waals surface area contributed by atoms with Crippen LogP contribution in [-0.2, 0) is 22.5 Å². The van der Waals surface area contributed by atoms with Crippen LogP contribution in [0.3, 0.4) is 0 Å². The van der Waals surface area contributed by atoms with E-state index in [9.17, 15) is 4.79 Å². The minimum absolute atomic E-state index is 0.136. The maximum absolute atomic E-state index is 12.1. The van der Waals surface area contributed by atoms with Gasteiger partial charge in [0.05, 0.1) is 24.0 Å². The number of amides is 1. The van der Waals surface area contributed by atoms with Gasteiger partial charge in [-0.05, 0) is 37.5 Å². The minimum atomic E-state index is 0.136. The molecule has 7 heteroatoms. The number of fused-ring (bicyclic) bond motifs is 2. The van der Waals surface area contributed by atoms with E-state index in [1.54, 1.807) is 6.92 Å². The molecule has 0 atom stereocenters. The number of nitrogens with one attached hydrogen (secondary N) is 1. The first-order valence-corrected chi connectivity index (χ1v) is 10.7. The number of aryl methyl sites for hydroxylation is 1. The van der Waals surface area contributed by atoms with Gasteiger partial charge in [0, 0.05) is 57.4 Å². The minimum Gasteiger partial charge on any atom is -0.382 e. The molecule has 1 aromatic heterocycles. The smallest absolute Gasteiger partial charge is 0.219 e. The standard InChI is InChI=1S/C22H29N5O2/c1-15-3-4-21-19(13-15)23-8-10-26(21)22-18-14-25(16(2)28)9-5-20(18)27(24-22)17-6-11-29-12-7-17/h3-4,13,17,23H,5-12,14H2,1-2H3. The topological polar surface area (TPSA) is 62.6 Å². The van der Waals surface area contributed by atoms with E-state index in [0.29, 0.717) is 12.6 Å². The Balaban J connectivity index is 1.60. The number of anilines is 3. The summed E-state index contributed by atoms with van der Waals surface area (Å²) in [7, 11) is 0. The first kappa shape index (κ1) is 18.5. The SMILES string of the molecule is CC(=O)N1CCc2c(c(N3CCNc4cc(C)ccc43)nn2C2CCOCC2)C1. The molecule has 29 heavy (non-hydrogen) atoms. The molecule has 1 fully saturated rings. The highest BCUT2D eigenvalue weighted by Crippen LogP contribution is 2.40. The summed E-state index contributed by atoms with van der Waals surface area (Å²) in [6, 6.07) is 6.92. The van der Waals surface area contributed by atoms with Gasteiger partial charge in [-0.1, -0.05) is 6.07 Å². The van der Waals surface area contributed by atoms with Crippen LogP contribution in [0.2, 0.25) is 0 Å². The van der Waals surface area contributed by atoms with Crippen LogP contribution in [0.1, 0.15) is 42.6 Å². The molecule has 2 aromatic rings. The maximum atomic E-state index is 12.1. The predicted octanol–water partition coefficient (Wildman–Crippen LogP) is 3.01. The van der Waals surface area contributed by atoms with Crippen molar-refractivity contribution in [3.05, 3.63) is 35.0 Å². The molecule has 1 amide bonds. The van der Waals surface area contributed by atoms with E-state index in [1.165, 1.54) is 22.5 Å². The van der Waals surface area contributed by atoms with Gasteiger partial charge in [0.25, 0.3) is 0 Å². The first-order valence-electron chi connectivity index (χ1n) is 10.7. The average Bonchev–Trinajstić information content (AvgIpc) is 3.12. The Labute approximate surface area is 171 Å². The van der Waals surface area contributed by atoms with Gasteiger partial charge in [-0.3, -0.25) is 9.48 Å². The van der Waals surface area contributed by atoms with Gasteiger partial charge in [-0.2, -0.15) is 5.10 Å². The lowest BCUT2D eigenvalue weighted by Crippen LogP contribution is -2.36. The molecule has 0 spiro atoms. The molecule has 1 aromatic carbocycles. The molecule has 4 heterocycles. The highest BCUT2D eigenvalue weighted by Gasteiger charge is 2.33. The van der Waals surface area contributed by atoms with Crippen LogP contribution in [0, 0.1) is 6.92 Å². The Bertz CT molecular complexity index is 932. The Morgan fingerprint density at radius 2 is 2.07 bits per heavy atom. The number of carbonyl (C=O) groups is 1. The molecule has 1 N–H and O–H groups in total. The molecular weight excluding hydrogens is 366 g/mol. The second kappa shape index (κ2) is 7.37. The number of carbonyl (C=O) groups excluding carboxylic acids is 1. The van der Waals surface area contributed by atoms with E-state index >= 15 is 0 Å². The average molecular weight is 396 g/mol. The lowest BCUT2D eigenvalue weighted by molar-refractivity contribution is -0.129. The Morgan fingerprint density at radius 3 is 2.86 bits per heavy atom. The van der Waals surface area contributed by atoms with Gasteiger partial charge in [-0.25, -0.2) is 0 Å². The van der Waals surface area contributed by atoms with Crippen LogP contribution in [0.4, 0.5) is 17.2 Å². The number of aromatic nitrogens is 2. The zero-order valence-electron chi connectivity index (χ0n) is 17.3. The number of hydrogen-bond donors (Lipinski definition) is 1. The summed E-state index contributed by atoms with van der Waals surface area (Å²) >= 11 is 0. The van der Waals surface area contributed by atoms with Gasteiger partial charge in [0.2, 0.25) is 5.91 Å². The lowest BCUT2D eigenvalue weighted by Gasteiger charge is -2.33. The molecule has 0 saturated carbocycles. The highest BCUT2D eigenvalue weighted by atomic mass is 16.5. The number of benzene rings is 1. The number of rotatable bonds is 2. The second-order valence-electron chi connectivity index (χ2n) is 8.33. The van der Waals surface area contributed by atoms with Crippen molar-refractivity contribution >= 4 is 23.1 Å². The predicted molar refractivity (Wildman–Crippen MR) is 113 cm³/mol. The fourth-order valence-corrected chi connectivity index (χ4v) is 4.82. The van der Waals surface area contributed by atoms with Gasteiger partial charge in [0.1, 0.15) is 0 Å². The lowest BCUT2D eigenvalue weighted by atomic mass is 10.0. The number of ether oxygens (including phenoxy) is 1. The van der Waals surface area contributed by atoms with Gasteiger partial charge >= 0.3 is 0 Å². The molecule has 1 saturated heterocycles. The van der Waals surface area contributed by atoms with Crippen LogP contribution in [0.15, 0.2) is 18.2 Å². The Morgan fingerprint density at radius 1 is 1.24 bits per heavy atom. The maximum Gasteiger partial charge on any atom is 0.219 e. The van der Waals surface area contributed by atoms with Gasteiger partial charge < -0.3 is 19.9 Å². The van der Waals surface area contributed by atoms with Crippen molar-refractivity contribution < 1.29 is 9.53 Å². The summed E-state index contributed by atoms with van der Waals surface area (Å²) in [6.07, 6.45) is 2.87. The summed E-state index contributed by atoms with van der Waals surface area (Å²) in [5.74, 6) is 1.15. The van der Waals surface area contributed by atoms with Crippen molar-refractivity contribution in [3.8, 4) is 0 Å². The fourth-order valence-electron chi connectivity index (χ4n) is 4.82. The molecule has 0 unspecified atom stereocenters. The second-order valence-corrected chi connectivity index (χ2v) is 8.33. The molecular formula is C22H29N5O2. The Kier molecular flexibility index (Phi) is 4.70. The normalized spacial score (nSPS) is 19.5. The van der Waals surface area contributed by atoms with Crippen molar-refractivity contribution in [2.24, 2.45) is 0 Å². The zero-order valence-corrected chi connectivity index (χ0v) is 17.3. The van der Waals surface area contributed by atoms with E-state index in [0.717, 1.165) is 63.6 Å². The van der Waals surface area contributed by atoms with Crippen LogP contribution in [0.25, 0.3) is 0 Å². The summed E-state index contributed by atoms with van der Waals surface area (Å²) in [5, 5.41) is 8.70. The van der Waals surface area contributed by atoms with Crippen LogP contribution in [0.5, 0.6) is 0 Å². The van der Waals surface area contributed by atoms with Gasteiger partial charge in [0.15, 0.2) is 5.82 Å². The van der Waals surface area contributed by atoms with E-state index in [1.807, 2.05) is 4.90 Å². The largest absolute Gasteiger partial charge is 0.382 e. The molecule has 3 aliphatic heterocycles. The van der Waals surface area contributed by atoms with E-state index < -0.39 is 0 Å². The van der Waals surface area contributed by atoms with Crippen molar-refractivity contribution in [1.29, 1.82) is 0 Å². The monoisotopic (exact) mass is 395 g/mol. The fraction of sp³-hybridized carbons (Fsp3) is 0.545. The van der Waals surface area contributed by atoms with Crippen LogP contribution >= 0.6 is 0 Å². The van der Waals surface area contributed by atoms with Crippen molar-refractivity contribution in [2.75, 3.05) is 43.1 Å². The van der Waals surface area contributed by atoms with Crippen LogP contribution in [-0.4, -0.2) is 53.4 Å². The summed E-state index contributed by atoms with van der Waals surface area (Å²) in [4.78, 5) is 16.4. The van der Waals surface area contributed by atoms with Gasteiger partial charge in [-0.15, -0.1) is 0 Å². The van der Waals surface area contributed by atoms with Crippen LogP contribution < -0.4 is 10.2 Å². The van der Waals surface area contributed by atoms with E-state index in [2.05, 4.69) is 40.0 Å². The molecule has 3 aliphatic rings. The van der Waals surface area contributed by atoms with Crippen molar-refractivity contribution in [2.45, 2.75) is 45.7 Å². The summed E-state index contributed by atoms with van der Waals surface area (Å²) < 4.78 is 7.85. The third kappa shape index (κ3) is 3.27. The van der Waals surface area contributed by atoms with E-state index in [-0.39, 0.29) is 5.91 Å². The molecule has 7 nitrogen and oxygen atoms in total. The molecule has 0 bridgehead atoms. The molecule has 0 radical (unpaired) electrons. The summed E-state index contributed by atoms with van der Waals surface area (Å²) in [6.45, 7) is 8.54. The third-order valence-electron chi connectivity index (χ3n) is 6.40. The molecule has 154 valence electrons. The summed E-state index contributed by atoms with van der Waals surface area (Å²) in [5.41, 5.74) is 6.09. The third-order valence-corrected chi connectivity index (χ3v) is 6.40. The first-order chi connectivity index (χ1) is 14.1. The molecule has 0 aliphatic carbocycles. The highest BCUT2D eigenvalue weighted by molar-refractivity contribution is 5.80. The van der Waals surface area contributed by atoms with Crippen molar-refractivity contribution in [1.82, 2.24) is 14.7 Å². The number of hydrogen-bond acceptors (Lipinski definition) is 5. The van der Waals surface area contributed by atoms with Crippen molar-refractivity contribution in [3.63, 3.8) is 0 Å².